The number of benzene rings is 1. The minimum Gasteiger partial charge on any atom is -0.462 e. The van der Waals surface area contributed by atoms with Crippen LogP contribution in [0.2, 0.25) is 0 Å². The molecule has 0 saturated heterocycles. The summed E-state index contributed by atoms with van der Waals surface area (Å²) in [4.78, 5) is 24.3. The number of rotatable bonds is 4. The molecular weight excluding hydrogens is 242 g/mol. The van der Waals surface area contributed by atoms with E-state index in [2.05, 4.69) is 0 Å². The van der Waals surface area contributed by atoms with Crippen LogP contribution in [0.1, 0.15) is 17.3 Å². The molecule has 0 saturated carbocycles. The van der Waals surface area contributed by atoms with Crippen LogP contribution in [0.5, 0.6) is 0 Å². The Hall–Kier alpha value is -1.55. The lowest BCUT2D eigenvalue weighted by atomic mass is 10.2. The summed E-state index contributed by atoms with van der Waals surface area (Å²) in [5.41, 5.74) is 1.03. The number of hydrogen-bond donors (Lipinski definition) is 0. The smallest absolute Gasteiger partial charge is 0.338 e. The highest BCUT2D eigenvalue weighted by molar-refractivity contribution is 6.29. The summed E-state index contributed by atoms with van der Waals surface area (Å²) in [7, 11) is 1.61. The van der Waals surface area contributed by atoms with Crippen LogP contribution in [0.3, 0.4) is 0 Å². The van der Waals surface area contributed by atoms with E-state index in [1.54, 1.807) is 38.2 Å². The van der Waals surface area contributed by atoms with Crippen LogP contribution in [0.15, 0.2) is 24.3 Å². The summed E-state index contributed by atoms with van der Waals surface area (Å²) in [5, 5.41) is 0. The topological polar surface area (TPSA) is 46.6 Å². The van der Waals surface area contributed by atoms with Crippen molar-refractivity contribution in [3.8, 4) is 0 Å². The van der Waals surface area contributed by atoms with E-state index < -0.39 is 5.97 Å². The average Bonchev–Trinajstić information content (AvgIpc) is 2.37. The first-order valence-corrected chi connectivity index (χ1v) is 5.73. The van der Waals surface area contributed by atoms with Crippen LogP contribution in [0.4, 0.5) is 5.69 Å². The Balaban J connectivity index is 2.93. The molecule has 0 N–H and O–H groups in total. The van der Waals surface area contributed by atoms with E-state index in [1.807, 2.05) is 0 Å². The first kappa shape index (κ1) is 13.5. The summed E-state index contributed by atoms with van der Waals surface area (Å²) in [6.45, 7) is 2.06. The number of amides is 1. The molecule has 0 aliphatic heterocycles. The maximum Gasteiger partial charge on any atom is 0.338 e. The fraction of sp³-hybridized carbons (Fsp3) is 0.333. The zero-order valence-corrected chi connectivity index (χ0v) is 10.5. The largest absolute Gasteiger partial charge is 0.462 e. The van der Waals surface area contributed by atoms with Gasteiger partial charge in [-0.3, -0.25) is 4.79 Å². The quantitative estimate of drug-likeness (QED) is 0.611. The molecule has 0 spiro atoms. The molecule has 4 nitrogen and oxygen atoms in total. The second-order valence-electron chi connectivity index (χ2n) is 3.36. The molecule has 0 radical (unpaired) electrons. The van der Waals surface area contributed by atoms with Gasteiger partial charge in [0.1, 0.15) is 5.88 Å². The molecule has 0 fully saturated rings. The van der Waals surface area contributed by atoms with Gasteiger partial charge >= 0.3 is 5.97 Å². The van der Waals surface area contributed by atoms with Gasteiger partial charge in [-0.05, 0) is 25.1 Å². The van der Waals surface area contributed by atoms with Crippen molar-refractivity contribution in [2.24, 2.45) is 0 Å². The van der Waals surface area contributed by atoms with Crippen LogP contribution in [-0.2, 0) is 9.53 Å². The zero-order chi connectivity index (χ0) is 12.8. The van der Waals surface area contributed by atoms with Crippen LogP contribution in [0, 0.1) is 0 Å². The highest BCUT2D eigenvalue weighted by Gasteiger charge is 2.12. The van der Waals surface area contributed by atoms with Crippen molar-refractivity contribution >= 4 is 29.2 Å². The highest BCUT2D eigenvalue weighted by atomic mass is 35.5. The van der Waals surface area contributed by atoms with Crippen molar-refractivity contribution in [2.45, 2.75) is 6.92 Å². The lowest BCUT2D eigenvalue weighted by Crippen LogP contribution is -2.27. The van der Waals surface area contributed by atoms with Crippen molar-refractivity contribution in [1.29, 1.82) is 0 Å². The van der Waals surface area contributed by atoms with E-state index in [1.165, 1.54) is 4.90 Å². The van der Waals surface area contributed by atoms with Crippen molar-refractivity contribution in [3.05, 3.63) is 29.8 Å². The third-order valence-corrected chi connectivity index (χ3v) is 2.46. The maximum atomic E-state index is 11.5. The summed E-state index contributed by atoms with van der Waals surface area (Å²) in [5.74, 6) is -0.728. The van der Waals surface area contributed by atoms with Crippen LogP contribution in [-0.4, -0.2) is 31.4 Å². The normalized spacial score (nSPS) is 9.82. The molecule has 0 atom stereocenters. The van der Waals surface area contributed by atoms with E-state index in [0.29, 0.717) is 17.9 Å². The van der Waals surface area contributed by atoms with Gasteiger partial charge in [-0.1, -0.05) is 6.07 Å². The zero-order valence-electron chi connectivity index (χ0n) is 9.77. The molecule has 0 aromatic heterocycles. The molecular formula is C12H14ClNO3. The number of alkyl halides is 1. The van der Waals surface area contributed by atoms with Crippen molar-refractivity contribution in [3.63, 3.8) is 0 Å². The van der Waals surface area contributed by atoms with Gasteiger partial charge in [0.15, 0.2) is 0 Å². The van der Waals surface area contributed by atoms with Gasteiger partial charge in [0.2, 0.25) is 5.91 Å². The second kappa shape index (κ2) is 6.25. The average molecular weight is 256 g/mol. The van der Waals surface area contributed by atoms with E-state index in [-0.39, 0.29) is 11.8 Å². The van der Waals surface area contributed by atoms with Gasteiger partial charge in [-0.15, -0.1) is 11.6 Å². The number of carbonyl (C=O) groups is 2. The molecule has 1 amide bonds. The van der Waals surface area contributed by atoms with E-state index in [0.717, 1.165) is 0 Å². The fourth-order valence-corrected chi connectivity index (χ4v) is 1.47. The Bertz CT molecular complexity index is 420. The molecule has 0 heterocycles. The summed E-state index contributed by atoms with van der Waals surface area (Å²) in [6, 6.07) is 6.66. The Labute approximate surface area is 105 Å². The maximum absolute atomic E-state index is 11.5. The number of anilines is 1. The number of ether oxygens (including phenoxy) is 1. The summed E-state index contributed by atoms with van der Waals surface area (Å²) in [6.07, 6.45) is 0. The second-order valence-corrected chi connectivity index (χ2v) is 3.62. The molecule has 1 rings (SSSR count). The van der Waals surface area contributed by atoms with E-state index >= 15 is 0 Å². The number of halogens is 1. The third-order valence-electron chi connectivity index (χ3n) is 2.23. The predicted molar refractivity (Wildman–Crippen MR) is 66.5 cm³/mol. The third kappa shape index (κ3) is 3.46. The molecule has 0 bridgehead atoms. The van der Waals surface area contributed by atoms with Gasteiger partial charge in [0, 0.05) is 12.7 Å². The molecule has 92 valence electrons. The lowest BCUT2D eigenvalue weighted by Gasteiger charge is -2.16. The molecule has 1 aromatic carbocycles. The van der Waals surface area contributed by atoms with Gasteiger partial charge in [0.25, 0.3) is 0 Å². The molecule has 0 aliphatic rings. The molecule has 0 aliphatic carbocycles. The standard InChI is InChI=1S/C12H14ClNO3/c1-3-17-12(16)9-5-4-6-10(7-9)14(2)11(15)8-13/h4-7H,3,8H2,1-2H3. The Kier molecular flexibility index (Phi) is 4.97. The summed E-state index contributed by atoms with van der Waals surface area (Å²) >= 11 is 5.47. The van der Waals surface area contributed by atoms with Crippen molar-refractivity contribution in [1.82, 2.24) is 0 Å². The number of hydrogen-bond acceptors (Lipinski definition) is 3. The van der Waals surface area contributed by atoms with Gasteiger partial charge in [-0.2, -0.15) is 0 Å². The minimum absolute atomic E-state index is 0.0971. The van der Waals surface area contributed by atoms with Crippen molar-refractivity contribution < 1.29 is 14.3 Å². The number of esters is 1. The first-order chi connectivity index (χ1) is 8.10. The monoisotopic (exact) mass is 255 g/mol. The van der Waals surface area contributed by atoms with Crippen molar-refractivity contribution in [2.75, 3.05) is 24.4 Å². The van der Waals surface area contributed by atoms with Gasteiger partial charge in [0.05, 0.1) is 12.2 Å². The summed E-state index contributed by atoms with van der Waals surface area (Å²) < 4.78 is 4.88. The van der Waals surface area contributed by atoms with Crippen LogP contribution < -0.4 is 4.90 Å². The minimum atomic E-state index is -0.402. The number of nitrogens with zero attached hydrogens (tertiary/aromatic N) is 1. The van der Waals surface area contributed by atoms with Gasteiger partial charge < -0.3 is 9.64 Å². The Morgan fingerprint density at radius 1 is 1.41 bits per heavy atom. The Morgan fingerprint density at radius 2 is 2.12 bits per heavy atom. The van der Waals surface area contributed by atoms with Crippen LogP contribution >= 0.6 is 11.6 Å². The molecule has 1 aromatic rings. The van der Waals surface area contributed by atoms with Gasteiger partial charge in [-0.25, -0.2) is 4.79 Å². The van der Waals surface area contributed by atoms with Crippen LogP contribution in [0.25, 0.3) is 0 Å². The van der Waals surface area contributed by atoms with E-state index in [4.69, 9.17) is 16.3 Å². The molecule has 17 heavy (non-hydrogen) atoms. The lowest BCUT2D eigenvalue weighted by molar-refractivity contribution is -0.116. The number of carbonyl (C=O) groups excluding carboxylic acids is 2. The highest BCUT2D eigenvalue weighted by Crippen LogP contribution is 2.16. The fourth-order valence-electron chi connectivity index (χ4n) is 1.29. The molecule has 0 unspecified atom stereocenters. The first-order valence-electron chi connectivity index (χ1n) is 5.19. The predicted octanol–water partition coefficient (Wildman–Crippen LogP) is 2.06. The van der Waals surface area contributed by atoms with E-state index in [9.17, 15) is 9.59 Å². The Morgan fingerprint density at radius 3 is 2.71 bits per heavy atom. The molecule has 5 heteroatoms. The SMILES string of the molecule is CCOC(=O)c1cccc(N(C)C(=O)CCl)c1.